The third-order valence-electron chi connectivity index (χ3n) is 2.30. The zero-order valence-corrected chi connectivity index (χ0v) is 8.16. The molecule has 0 bridgehead atoms. The highest BCUT2D eigenvalue weighted by atomic mass is 16.5. The van der Waals surface area contributed by atoms with Crippen LogP contribution in [0.1, 0.15) is 6.42 Å². The van der Waals surface area contributed by atoms with E-state index in [9.17, 15) is 0 Å². The molecule has 78 valence electrons. The molecule has 0 amide bonds. The van der Waals surface area contributed by atoms with Crippen LogP contribution in [0.5, 0.6) is 0 Å². The zero-order valence-electron chi connectivity index (χ0n) is 8.16. The molecule has 0 aromatic rings. The molecule has 1 aliphatic rings. The van der Waals surface area contributed by atoms with Gasteiger partial charge in [-0.15, -0.1) is 0 Å². The number of methoxy groups -OCH3 is 1. The number of ether oxygens (including phenoxy) is 2. The maximum absolute atomic E-state index is 8.96. The summed E-state index contributed by atoms with van der Waals surface area (Å²) in [5, 5.41) is 12.2. The number of aliphatic hydroxyl groups is 1. The number of hydrogen-bond acceptors (Lipinski definition) is 4. The first kappa shape index (κ1) is 10.9. The van der Waals surface area contributed by atoms with Gasteiger partial charge < -0.3 is 19.9 Å². The van der Waals surface area contributed by atoms with E-state index in [1.54, 1.807) is 7.11 Å². The summed E-state index contributed by atoms with van der Waals surface area (Å²) in [4.78, 5) is 0. The number of aliphatic hydroxyl groups excluding tert-OH is 1. The van der Waals surface area contributed by atoms with Crippen molar-refractivity contribution >= 4 is 0 Å². The molecule has 1 fully saturated rings. The van der Waals surface area contributed by atoms with Gasteiger partial charge in [0.05, 0.1) is 19.3 Å². The summed E-state index contributed by atoms with van der Waals surface area (Å²) in [7, 11) is 1.67. The van der Waals surface area contributed by atoms with Gasteiger partial charge >= 0.3 is 0 Å². The molecule has 1 saturated heterocycles. The van der Waals surface area contributed by atoms with Crippen molar-refractivity contribution < 1.29 is 14.6 Å². The molecule has 4 heteroatoms. The zero-order chi connectivity index (χ0) is 9.52. The Morgan fingerprint density at radius 3 is 2.92 bits per heavy atom. The third-order valence-corrected chi connectivity index (χ3v) is 2.30. The van der Waals surface area contributed by atoms with Crippen LogP contribution < -0.4 is 5.32 Å². The van der Waals surface area contributed by atoms with Gasteiger partial charge in [-0.05, 0) is 12.3 Å². The Bertz CT molecular complexity index is 132. The first-order valence-electron chi connectivity index (χ1n) is 4.79. The fourth-order valence-corrected chi connectivity index (χ4v) is 1.55. The van der Waals surface area contributed by atoms with Gasteiger partial charge in [0.25, 0.3) is 0 Å². The molecule has 1 aliphatic heterocycles. The second kappa shape index (κ2) is 6.32. The topological polar surface area (TPSA) is 50.7 Å². The Morgan fingerprint density at radius 2 is 2.23 bits per heavy atom. The van der Waals surface area contributed by atoms with Crippen LogP contribution in [0.2, 0.25) is 0 Å². The SMILES string of the molecule is COCCO[C@@H]1CNC[C@H](CO)C1. The standard InChI is InChI=1S/C9H19NO3/c1-12-2-3-13-9-4-8(7-11)5-10-6-9/h8-11H,2-7H2,1H3/t8-,9+/m1/s1. The predicted octanol–water partition coefficient (Wildman–Crippen LogP) is -0.380. The van der Waals surface area contributed by atoms with Crippen molar-refractivity contribution in [1.82, 2.24) is 5.32 Å². The summed E-state index contributed by atoms with van der Waals surface area (Å²) in [6.07, 6.45) is 1.19. The molecule has 1 rings (SSSR count). The fourth-order valence-electron chi connectivity index (χ4n) is 1.55. The fraction of sp³-hybridized carbons (Fsp3) is 1.00. The first-order chi connectivity index (χ1) is 6.36. The Kier molecular flexibility index (Phi) is 5.31. The number of piperidine rings is 1. The summed E-state index contributed by atoms with van der Waals surface area (Å²) in [6.45, 7) is 3.32. The van der Waals surface area contributed by atoms with E-state index in [0.29, 0.717) is 19.1 Å². The van der Waals surface area contributed by atoms with E-state index < -0.39 is 0 Å². The van der Waals surface area contributed by atoms with E-state index >= 15 is 0 Å². The molecule has 0 unspecified atom stereocenters. The van der Waals surface area contributed by atoms with Crippen LogP contribution in [-0.4, -0.2) is 51.2 Å². The Balaban J connectivity index is 2.11. The maximum Gasteiger partial charge on any atom is 0.0704 e. The van der Waals surface area contributed by atoms with Crippen molar-refractivity contribution in [3.05, 3.63) is 0 Å². The molecule has 0 aromatic heterocycles. The summed E-state index contributed by atoms with van der Waals surface area (Å²) in [6, 6.07) is 0. The largest absolute Gasteiger partial charge is 0.396 e. The van der Waals surface area contributed by atoms with Crippen LogP contribution >= 0.6 is 0 Å². The van der Waals surface area contributed by atoms with Crippen molar-refractivity contribution in [1.29, 1.82) is 0 Å². The molecule has 13 heavy (non-hydrogen) atoms. The summed E-state index contributed by atoms with van der Waals surface area (Å²) < 4.78 is 10.4. The minimum atomic E-state index is 0.237. The maximum atomic E-state index is 8.96. The van der Waals surface area contributed by atoms with Crippen molar-refractivity contribution in [2.24, 2.45) is 5.92 Å². The van der Waals surface area contributed by atoms with Crippen LogP contribution in [0.15, 0.2) is 0 Å². The highest BCUT2D eigenvalue weighted by molar-refractivity contribution is 4.75. The first-order valence-corrected chi connectivity index (χ1v) is 4.79. The summed E-state index contributed by atoms with van der Waals surface area (Å²) in [5.41, 5.74) is 0. The summed E-state index contributed by atoms with van der Waals surface area (Å²) in [5.74, 6) is 0.348. The lowest BCUT2D eigenvalue weighted by Gasteiger charge is -2.28. The second-order valence-corrected chi connectivity index (χ2v) is 3.43. The number of hydrogen-bond donors (Lipinski definition) is 2. The Labute approximate surface area is 79.2 Å². The van der Waals surface area contributed by atoms with Gasteiger partial charge in [0, 0.05) is 26.8 Å². The van der Waals surface area contributed by atoms with Gasteiger partial charge in [-0.3, -0.25) is 0 Å². The van der Waals surface area contributed by atoms with E-state index in [0.717, 1.165) is 19.5 Å². The van der Waals surface area contributed by atoms with Gasteiger partial charge in [0.1, 0.15) is 0 Å². The number of rotatable bonds is 5. The summed E-state index contributed by atoms with van der Waals surface area (Å²) >= 11 is 0. The van der Waals surface area contributed by atoms with Crippen LogP contribution in [0.25, 0.3) is 0 Å². The number of nitrogens with one attached hydrogen (secondary N) is 1. The third kappa shape index (κ3) is 4.04. The molecule has 0 spiro atoms. The molecule has 2 atom stereocenters. The van der Waals surface area contributed by atoms with Gasteiger partial charge in [-0.1, -0.05) is 0 Å². The van der Waals surface area contributed by atoms with E-state index in [1.165, 1.54) is 0 Å². The minimum absolute atomic E-state index is 0.237. The molecule has 0 aliphatic carbocycles. The minimum Gasteiger partial charge on any atom is -0.396 e. The monoisotopic (exact) mass is 189 g/mol. The average molecular weight is 189 g/mol. The van der Waals surface area contributed by atoms with Crippen molar-refractivity contribution in [3.8, 4) is 0 Å². The average Bonchev–Trinajstić information content (AvgIpc) is 2.19. The normalized spacial score (nSPS) is 29.1. The lowest BCUT2D eigenvalue weighted by atomic mass is 9.98. The predicted molar refractivity (Wildman–Crippen MR) is 49.7 cm³/mol. The molecule has 1 heterocycles. The lowest BCUT2D eigenvalue weighted by Crippen LogP contribution is -2.42. The van der Waals surface area contributed by atoms with Crippen molar-refractivity contribution in [3.63, 3.8) is 0 Å². The molecule has 4 nitrogen and oxygen atoms in total. The molecule has 0 radical (unpaired) electrons. The Morgan fingerprint density at radius 1 is 1.38 bits per heavy atom. The van der Waals surface area contributed by atoms with Gasteiger partial charge in [-0.25, -0.2) is 0 Å². The van der Waals surface area contributed by atoms with Gasteiger partial charge in [0.2, 0.25) is 0 Å². The van der Waals surface area contributed by atoms with E-state index in [-0.39, 0.29) is 12.7 Å². The lowest BCUT2D eigenvalue weighted by molar-refractivity contribution is -0.0100. The van der Waals surface area contributed by atoms with Crippen LogP contribution in [-0.2, 0) is 9.47 Å². The Hall–Kier alpha value is -0.160. The molecular formula is C9H19NO3. The van der Waals surface area contributed by atoms with Crippen LogP contribution in [0.4, 0.5) is 0 Å². The second-order valence-electron chi connectivity index (χ2n) is 3.43. The molecule has 0 saturated carbocycles. The van der Waals surface area contributed by atoms with Crippen LogP contribution in [0.3, 0.4) is 0 Å². The van der Waals surface area contributed by atoms with E-state index in [4.69, 9.17) is 14.6 Å². The van der Waals surface area contributed by atoms with Crippen LogP contribution in [0, 0.1) is 5.92 Å². The van der Waals surface area contributed by atoms with Crippen molar-refractivity contribution in [2.75, 3.05) is 40.0 Å². The molecule has 0 aromatic carbocycles. The van der Waals surface area contributed by atoms with Gasteiger partial charge in [-0.2, -0.15) is 0 Å². The van der Waals surface area contributed by atoms with E-state index in [2.05, 4.69) is 5.32 Å². The van der Waals surface area contributed by atoms with Gasteiger partial charge in [0.15, 0.2) is 0 Å². The van der Waals surface area contributed by atoms with E-state index in [1.807, 2.05) is 0 Å². The van der Waals surface area contributed by atoms with Crippen molar-refractivity contribution in [2.45, 2.75) is 12.5 Å². The quantitative estimate of drug-likeness (QED) is 0.579. The highest BCUT2D eigenvalue weighted by Gasteiger charge is 2.20. The highest BCUT2D eigenvalue weighted by Crippen LogP contribution is 2.12. The molecule has 2 N–H and O–H groups in total. The molecular weight excluding hydrogens is 170 g/mol. The smallest absolute Gasteiger partial charge is 0.0704 e.